The first-order valence-electron chi connectivity index (χ1n) is 7.05. The number of Topliss-reactive ketones (excluding diaryl/α,β-unsaturated/α-hetero) is 1. The second-order valence-electron chi connectivity index (χ2n) is 5.26. The Balaban J connectivity index is 2.18. The number of hydrogen-bond acceptors (Lipinski definition) is 3. The van der Waals surface area contributed by atoms with Crippen LogP contribution in [0.2, 0.25) is 0 Å². The number of ketones is 1. The van der Waals surface area contributed by atoms with Crippen molar-refractivity contribution in [1.82, 2.24) is 15.1 Å². The van der Waals surface area contributed by atoms with Crippen LogP contribution in [0.5, 0.6) is 0 Å². The van der Waals surface area contributed by atoms with Crippen LogP contribution in [-0.2, 0) is 24.2 Å². The van der Waals surface area contributed by atoms with Crippen LogP contribution in [0.3, 0.4) is 0 Å². The lowest BCUT2D eigenvalue weighted by molar-refractivity contribution is -0.122. The van der Waals surface area contributed by atoms with E-state index in [1.165, 1.54) is 0 Å². The number of halogens is 1. The van der Waals surface area contributed by atoms with Crippen molar-refractivity contribution in [1.29, 1.82) is 0 Å². The highest BCUT2D eigenvalue weighted by Gasteiger charge is 2.30. The molecule has 5 heteroatoms. The van der Waals surface area contributed by atoms with Crippen LogP contribution in [0.25, 0.3) is 0 Å². The lowest BCUT2D eigenvalue weighted by atomic mass is 9.91. The summed E-state index contributed by atoms with van der Waals surface area (Å²) >= 11 is 3.60. The van der Waals surface area contributed by atoms with Gasteiger partial charge in [0.25, 0.3) is 0 Å². The van der Waals surface area contributed by atoms with Gasteiger partial charge in [0, 0.05) is 25.4 Å². The average Bonchev–Trinajstić information content (AvgIpc) is 2.95. The number of nitrogens with zero attached hydrogens (tertiary/aromatic N) is 2. The van der Waals surface area contributed by atoms with Crippen molar-refractivity contribution in [2.75, 3.05) is 13.1 Å². The van der Waals surface area contributed by atoms with Crippen molar-refractivity contribution in [3.63, 3.8) is 0 Å². The van der Waals surface area contributed by atoms with Crippen LogP contribution in [0, 0.1) is 11.8 Å². The molecule has 1 aromatic rings. The summed E-state index contributed by atoms with van der Waals surface area (Å²) in [4.78, 5) is 12.4. The lowest BCUT2D eigenvalue weighted by Gasteiger charge is -2.13. The van der Waals surface area contributed by atoms with Gasteiger partial charge in [-0.15, -0.1) is 0 Å². The van der Waals surface area contributed by atoms with Crippen LogP contribution < -0.4 is 5.32 Å². The van der Waals surface area contributed by atoms with Gasteiger partial charge in [-0.05, 0) is 41.7 Å². The van der Waals surface area contributed by atoms with Crippen LogP contribution in [0.15, 0.2) is 4.47 Å². The normalized spacial score (nSPS) is 22.9. The maximum Gasteiger partial charge on any atom is 0.143 e. The van der Waals surface area contributed by atoms with Gasteiger partial charge in [-0.3, -0.25) is 9.48 Å². The first-order valence-corrected chi connectivity index (χ1v) is 7.85. The Hall–Kier alpha value is -0.680. The molecular formula is C14H22BrN3O. The van der Waals surface area contributed by atoms with Gasteiger partial charge in [0.15, 0.2) is 0 Å². The summed E-state index contributed by atoms with van der Waals surface area (Å²) in [5.41, 5.74) is 2.07. The third-order valence-electron chi connectivity index (χ3n) is 3.97. The van der Waals surface area contributed by atoms with Gasteiger partial charge >= 0.3 is 0 Å². The third kappa shape index (κ3) is 2.92. The number of carbonyl (C=O) groups excluding carboxylic acids is 1. The zero-order chi connectivity index (χ0) is 14.0. The molecule has 2 heterocycles. The van der Waals surface area contributed by atoms with Gasteiger partial charge in [-0.25, -0.2) is 0 Å². The van der Waals surface area contributed by atoms with Crippen molar-refractivity contribution >= 4 is 21.7 Å². The van der Waals surface area contributed by atoms with E-state index in [4.69, 9.17) is 0 Å². The van der Waals surface area contributed by atoms with E-state index in [-0.39, 0.29) is 5.92 Å². The fourth-order valence-electron chi connectivity index (χ4n) is 2.72. The van der Waals surface area contributed by atoms with Crippen molar-refractivity contribution in [2.45, 2.75) is 40.2 Å². The molecule has 0 amide bonds. The van der Waals surface area contributed by atoms with Crippen LogP contribution in [0.1, 0.15) is 32.2 Å². The van der Waals surface area contributed by atoms with E-state index in [1.807, 2.05) is 4.68 Å². The highest BCUT2D eigenvalue weighted by molar-refractivity contribution is 9.10. The Labute approximate surface area is 123 Å². The SMILES string of the molecule is CCc1nn(CC)c(CC(=O)C2CNCC2C)c1Br. The number of hydrogen-bond donors (Lipinski definition) is 1. The zero-order valence-electron chi connectivity index (χ0n) is 11.9. The van der Waals surface area contributed by atoms with Crippen molar-refractivity contribution < 1.29 is 4.79 Å². The molecule has 1 saturated heterocycles. The van der Waals surface area contributed by atoms with E-state index < -0.39 is 0 Å². The minimum absolute atomic E-state index is 0.150. The maximum atomic E-state index is 12.4. The van der Waals surface area contributed by atoms with E-state index in [2.05, 4.69) is 47.1 Å². The number of nitrogens with one attached hydrogen (secondary N) is 1. The second kappa shape index (κ2) is 6.18. The topological polar surface area (TPSA) is 46.9 Å². The predicted molar refractivity (Wildman–Crippen MR) is 79.2 cm³/mol. The molecule has 1 aliphatic rings. The van der Waals surface area contributed by atoms with Crippen LogP contribution in [-0.4, -0.2) is 28.7 Å². The first-order chi connectivity index (χ1) is 9.08. The minimum atomic E-state index is 0.150. The maximum absolute atomic E-state index is 12.4. The molecule has 1 fully saturated rings. The fourth-order valence-corrected chi connectivity index (χ4v) is 3.43. The van der Waals surface area contributed by atoms with E-state index in [9.17, 15) is 4.79 Å². The van der Waals surface area contributed by atoms with E-state index in [1.54, 1.807) is 0 Å². The molecule has 0 aliphatic carbocycles. The minimum Gasteiger partial charge on any atom is -0.316 e. The molecule has 1 N–H and O–H groups in total. The third-order valence-corrected chi connectivity index (χ3v) is 4.88. The lowest BCUT2D eigenvalue weighted by Crippen LogP contribution is -2.24. The summed E-state index contributed by atoms with van der Waals surface area (Å²) in [5, 5.41) is 7.84. The van der Waals surface area contributed by atoms with Gasteiger partial charge < -0.3 is 5.32 Å². The van der Waals surface area contributed by atoms with Gasteiger partial charge in [-0.1, -0.05) is 13.8 Å². The molecule has 0 aromatic carbocycles. The standard InChI is InChI=1S/C14H22BrN3O/c1-4-11-14(15)12(18(5-2)17-11)6-13(19)10-8-16-7-9(10)3/h9-10,16H,4-8H2,1-3H3. The first kappa shape index (κ1) is 14.7. The summed E-state index contributed by atoms with van der Waals surface area (Å²) in [6.07, 6.45) is 1.37. The Morgan fingerprint density at radius 1 is 1.47 bits per heavy atom. The fraction of sp³-hybridized carbons (Fsp3) is 0.714. The Kier molecular flexibility index (Phi) is 4.79. The molecule has 106 valence electrons. The summed E-state index contributed by atoms with van der Waals surface area (Å²) in [7, 11) is 0. The summed E-state index contributed by atoms with van der Waals surface area (Å²) in [6, 6.07) is 0. The number of carbonyl (C=O) groups is 1. The summed E-state index contributed by atoms with van der Waals surface area (Å²) in [5.74, 6) is 0.919. The van der Waals surface area contributed by atoms with Crippen LogP contribution in [0.4, 0.5) is 0 Å². The molecule has 0 radical (unpaired) electrons. The van der Waals surface area contributed by atoms with E-state index >= 15 is 0 Å². The molecule has 0 spiro atoms. The van der Waals surface area contributed by atoms with Gasteiger partial charge in [0.05, 0.1) is 15.9 Å². The number of aromatic nitrogens is 2. The monoisotopic (exact) mass is 327 g/mol. The summed E-state index contributed by atoms with van der Waals surface area (Å²) < 4.78 is 2.97. The molecular weight excluding hydrogens is 306 g/mol. The Morgan fingerprint density at radius 3 is 2.74 bits per heavy atom. The van der Waals surface area contributed by atoms with Crippen LogP contribution >= 0.6 is 15.9 Å². The molecule has 0 saturated carbocycles. The highest BCUT2D eigenvalue weighted by Crippen LogP contribution is 2.25. The van der Waals surface area contributed by atoms with Gasteiger partial charge in [0.2, 0.25) is 0 Å². The molecule has 19 heavy (non-hydrogen) atoms. The quantitative estimate of drug-likeness (QED) is 0.901. The summed E-state index contributed by atoms with van der Waals surface area (Å²) in [6.45, 7) is 8.86. The second-order valence-corrected chi connectivity index (χ2v) is 6.05. The van der Waals surface area contributed by atoms with Crippen molar-refractivity contribution in [3.8, 4) is 0 Å². The smallest absolute Gasteiger partial charge is 0.143 e. The molecule has 2 unspecified atom stereocenters. The largest absolute Gasteiger partial charge is 0.316 e. The van der Waals surface area contributed by atoms with E-state index in [0.29, 0.717) is 18.1 Å². The molecule has 1 aliphatic heterocycles. The van der Waals surface area contributed by atoms with Crippen molar-refractivity contribution in [2.24, 2.45) is 11.8 Å². The number of aryl methyl sites for hydroxylation is 2. The molecule has 0 bridgehead atoms. The molecule has 4 nitrogen and oxygen atoms in total. The van der Waals surface area contributed by atoms with E-state index in [0.717, 1.165) is 41.9 Å². The average molecular weight is 328 g/mol. The Bertz CT molecular complexity index is 470. The van der Waals surface area contributed by atoms with Crippen molar-refractivity contribution in [3.05, 3.63) is 15.9 Å². The Morgan fingerprint density at radius 2 is 2.21 bits per heavy atom. The van der Waals surface area contributed by atoms with Gasteiger partial charge in [-0.2, -0.15) is 5.10 Å². The van der Waals surface area contributed by atoms with Gasteiger partial charge in [0.1, 0.15) is 5.78 Å². The highest BCUT2D eigenvalue weighted by atomic mass is 79.9. The number of rotatable bonds is 5. The zero-order valence-corrected chi connectivity index (χ0v) is 13.5. The molecule has 2 rings (SSSR count). The molecule has 1 aromatic heterocycles. The predicted octanol–water partition coefficient (Wildman–Crippen LogP) is 2.20. The molecule has 2 atom stereocenters.